The number of rotatable bonds is 15. The van der Waals surface area contributed by atoms with Crippen molar-refractivity contribution in [3.8, 4) is 23.1 Å². The van der Waals surface area contributed by atoms with Gasteiger partial charge in [-0.1, -0.05) is 98.4 Å². The molecule has 1 fully saturated rings. The first-order valence-corrected chi connectivity index (χ1v) is 18.4. The average Bonchev–Trinajstić information content (AvgIpc) is 3.48. The van der Waals surface area contributed by atoms with Crippen LogP contribution in [0.3, 0.4) is 0 Å². The van der Waals surface area contributed by atoms with Crippen LogP contribution in [-0.2, 0) is 9.53 Å². The van der Waals surface area contributed by atoms with Gasteiger partial charge in [0, 0.05) is 35.3 Å². The molecular weight excluding hydrogens is 645 g/mol. The van der Waals surface area contributed by atoms with E-state index in [-0.39, 0.29) is 24.0 Å². The summed E-state index contributed by atoms with van der Waals surface area (Å²) >= 11 is 0. The van der Waals surface area contributed by atoms with E-state index in [0.717, 1.165) is 90.8 Å². The van der Waals surface area contributed by atoms with Crippen LogP contribution >= 0.6 is 0 Å². The van der Waals surface area contributed by atoms with E-state index in [0.29, 0.717) is 18.7 Å². The zero-order valence-electron chi connectivity index (χ0n) is 31.0. The van der Waals surface area contributed by atoms with Crippen LogP contribution in [0.4, 0.5) is 10.5 Å². The molecule has 4 N–H and O–H groups in total. The summed E-state index contributed by atoms with van der Waals surface area (Å²) in [5, 5.41) is 9.10. The first kappa shape index (κ1) is 39.5. The molecule has 0 saturated heterocycles. The fourth-order valence-electron chi connectivity index (χ4n) is 6.18. The summed E-state index contributed by atoms with van der Waals surface area (Å²) in [6, 6.07) is 9.37. The van der Waals surface area contributed by atoms with Crippen molar-refractivity contribution in [2.45, 2.75) is 84.2 Å². The van der Waals surface area contributed by atoms with E-state index >= 15 is 0 Å². The predicted molar refractivity (Wildman–Crippen MR) is 217 cm³/mol. The smallest absolute Gasteiger partial charge is 0.319 e. The van der Waals surface area contributed by atoms with Crippen molar-refractivity contribution in [1.82, 2.24) is 15.6 Å². The minimum atomic E-state index is -0.331. The quantitative estimate of drug-likeness (QED) is 0.0646. The lowest BCUT2D eigenvalue weighted by atomic mass is 9.89. The molecule has 1 aromatic carbocycles. The molecule has 1 heterocycles. The van der Waals surface area contributed by atoms with E-state index in [1.807, 2.05) is 43.3 Å². The van der Waals surface area contributed by atoms with Gasteiger partial charge in [-0.25, -0.2) is 4.79 Å². The maximum atomic E-state index is 13.2. The molecule has 7 heteroatoms. The lowest BCUT2D eigenvalue weighted by molar-refractivity contribution is -0.116. The van der Waals surface area contributed by atoms with Crippen LogP contribution in [0.5, 0.6) is 0 Å². The molecule has 1 aromatic heterocycles. The Morgan fingerprint density at radius 1 is 1.12 bits per heavy atom. The fraction of sp³-hybridized carbons (Fsp3) is 0.333. The van der Waals surface area contributed by atoms with Gasteiger partial charge in [0.15, 0.2) is 0 Å². The molecule has 2 aromatic rings. The maximum Gasteiger partial charge on any atom is 0.319 e. The van der Waals surface area contributed by atoms with Crippen molar-refractivity contribution in [2.24, 2.45) is 0 Å². The molecule has 7 nitrogen and oxygen atoms in total. The summed E-state index contributed by atoms with van der Waals surface area (Å²) < 4.78 is 5.60. The summed E-state index contributed by atoms with van der Waals surface area (Å²) in [5.41, 5.74) is 8.80. The number of aromatic amines is 1. The number of anilines is 1. The molecule has 0 bridgehead atoms. The van der Waals surface area contributed by atoms with E-state index in [1.165, 1.54) is 5.57 Å². The van der Waals surface area contributed by atoms with Crippen molar-refractivity contribution >= 4 is 29.3 Å². The van der Waals surface area contributed by atoms with Gasteiger partial charge in [0.2, 0.25) is 0 Å². The molecule has 0 aliphatic heterocycles. The van der Waals surface area contributed by atoms with Gasteiger partial charge in [0.05, 0.1) is 12.6 Å². The molecule has 0 radical (unpaired) electrons. The van der Waals surface area contributed by atoms with Crippen LogP contribution in [0.1, 0.15) is 83.4 Å². The highest BCUT2D eigenvalue weighted by Gasteiger charge is 2.20. The van der Waals surface area contributed by atoms with Crippen molar-refractivity contribution in [3.05, 3.63) is 126 Å². The molecule has 3 amide bonds. The Morgan fingerprint density at radius 2 is 1.94 bits per heavy atom. The van der Waals surface area contributed by atoms with Gasteiger partial charge in [0.25, 0.3) is 5.91 Å². The van der Waals surface area contributed by atoms with Crippen LogP contribution in [0.25, 0.3) is 22.9 Å². The van der Waals surface area contributed by atoms with E-state index in [1.54, 1.807) is 6.92 Å². The highest BCUT2D eigenvalue weighted by molar-refractivity contribution is 5.93. The highest BCUT2D eigenvalue weighted by Crippen LogP contribution is 2.30. The Kier molecular flexibility index (Phi) is 16.0. The molecule has 52 heavy (non-hydrogen) atoms. The van der Waals surface area contributed by atoms with E-state index < -0.39 is 0 Å². The second kappa shape index (κ2) is 21.1. The third kappa shape index (κ3) is 12.8. The standard InChI is InChI=1S/C45H54N4O3/c1-6-9-10-11-22-41-40(33(4)17-12-13-28-52-27-8-3)32-43(48-41)37-23-25-38(26-24-37)47-45(51)49-42-31-36(19-14-18-34(42)5)29-35-20-15-21-39(30-35)46-44(50)16-7-2/h6,9,11-12,14,17,19,22-26,29,31-32,39,42,48H,4-5,8,10,13,15,18,20-21,27-28,30H2,1-3H3,(H,46,50)(H2,47,49,51)/b9-6-,17-12+,22-11+,35-29-. The molecule has 2 aliphatic rings. The number of benzene rings is 1. The summed E-state index contributed by atoms with van der Waals surface area (Å²) in [4.78, 5) is 28.8. The van der Waals surface area contributed by atoms with Gasteiger partial charge < -0.3 is 25.7 Å². The number of aromatic nitrogens is 1. The Bertz CT molecular complexity index is 1800. The summed E-state index contributed by atoms with van der Waals surface area (Å²) in [5.74, 6) is 5.00. The van der Waals surface area contributed by atoms with Crippen LogP contribution < -0.4 is 16.0 Å². The Labute approximate surface area is 310 Å². The molecule has 0 spiro atoms. The number of ether oxygens (including phenoxy) is 1. The number of hydrogen-bond donors (Lipinski definition) is 4. The van der Waals surface area contributed by atoms with E-state index in [4.69, 9.17) is 4.74 Å². The van der Waals surface area contributed by atoms with Gasteiger partial charge in [-0.2, -0.15) is 0 Å². The topological polar surface area (TPSA) is 95.2 Å². The van der Waals surface area contributed by atoms with Crippen molar-refractivity contribution in [3.63, 3.8) is 0 Å². The minimum absolute atomic E-state index is 0.0818. The first-order chi connectivity index (χ1) is 25.3. The van der Waals surface area contributed by atoms with Crippen molar-refractivity contribution in [2.75, 3.05) is 18.5 Å². The Balaban J connectivity index is 1.41. The lowest BCUT2D eigenvalue weighted by Crippen LogP contribution is -2.37. The van der Waals surface area contributed by atoms with Gasteiger partial charge in [-0.3, -0.25) is 4.79 Å². The van der Waals surface area contributed by atoms with Crippen molar-refractivity contribution < 1.29 is 14.3 Å². The zero-order chi connectivity index (χ0) is 37.1. The number of urea groups is 1. The number of allylic oxidation sites excluding steroid dienone is 9. The summed E-state index contributed by atoms with van der Waals surface area (Å²) in [7, 11) is 0. The Morgan fingerprint density at radius 3 is 2.71 bits per heavy atom. The van der Waals surface area contributed by atoms with Gasteiger partial charge in [-0.05, 0) is 118 Å². The van der Waals surface area contributed by atoms with Crippen LogP contribution in [0.2, 0.25) is 0 Å². The molecule has 272 valence electrons. The highest BCUT2D eigenvalue weighted by atomic mass is 16.5. The van der Waals surface area contributed by atoms with Crippen LogP contribution in [-0.4, -0.2) is 42.2 Å². The Hall–Kier alpha value is -5.32. The molecule has 4 rings (SSSR count). The molecule has 2 aliphatic carbocycles. The van der Waals surface area contributed by atoms with Crippen molar-refractivity contribution in [1.29, 1.82) is 0 Å². The van der Waals surface area contributed by atoms with Gasteiger partial charge in [-0.15, -0.1) is 0 Å². The molecule has 2 atom stereocenters. The predicted octanol–water partition coefficient (Wildman–Crippen LogP) is 9.99. The SMILES string of the molecule is C=C(/C=C/CCOCCC)c1cc(-c2ccc(NC(=O)NC3C=C(/C=C4/CCCC(NC(=O)C#CC)C4)C=CCC3=C)cc2)[nH]c1/C=C/C/C=C\C. The zero-order valence-corrected chi connectivity index (χ0v) is 31.0. The van der Waals surface area contributed by atoms with Gasteiger partial charge >= 0.3 is 6.03 Å². The number of carbonyl (C=O) groups is 2. The molecular formula is C45H54N4O3. The monoisotopic (exact) mass is 698 g/mol. The number of H-pyrrole nitrogens is 1. The second-order valence-corrected chi connectivity index (χ2v) is 13.1. The van der Waals surface area contributed by atoms with Crippen LogP contribution in [0.15, 0.2) is 115 Å². The number of hydrogen-bond acceptors (Lipinski definition) is 3. The average molecular weight is 699 g/mol. The number of amides is 3. The van der Waals surface area contributed by atoms with E-state index in [2.05, 4.69) is 108 Å². The second-order valence-electron chi connectivity index (χ2n) is 13.1. The van der Waals surface area contributed by atoms with Crippen LogP contribution in [0, 0.1) is 11.8 Å². The fourth-order valence-corrected chi connectivity index (χ4v) is 6.18. The lowest BCUT2D eigenvalue weighted by Gasteiger charge is -2.24. The molecule has 2 unspecified atom stereocenters. The largest absolute Gasteiger partial charge is 0.381 e. The third-order valence-corrected chi connectivity index (χ3v) is 8.82. The van der Waals surface area contributed by atoms with E-state index in [9.17, 15) is 9.59 Å². The number of carbonyl (C=O) groups excluding carboxylic acids is 2. The number of nitrogens with one attached hydrogen (secondary N) is 4. The first-order valence-electron chi connectivity index (χ1n) is 18.4. The minimum Gasteiger partial charge on any atom is -0.381 e. The third-order valence-electron chi connectivity index (χ3n) is 8.82. The normalized spacial score (nSPS) is 18.3. The van der Waals surface area contributed by atoms with Gasteiger partial charge in [0.1, 0.15) is 0 Å². The summed E-state index contributed by atoms with van der Waals surface area (Å²) in [6.07, 6.45) is 28.0. The maximum absolute atomic E-state index is 13.2. The molecule has 1 saturated carbocycles. The summed E-state index contributed by atoms with van der Waals surface area (Å²) in [6.45, 7) is 15.9.